The number of nitrogens with zero attached hydrogens (tertiary/aromatic N) is 2. The number of hydrogen-bond donors (Lipinski definition) is 1. The molecule has 7 heteroatoms. The van der Waals surface area contributed by atoms with Gasteiger partial charge in [-0.05, 0) is 30.9 Å². The van der Waals surface area contributed by atoms with Crippen molar-refractivity contribution >= 4 is 20.9 Å². The zero-order chi connectivity index (χ0) is 18.2. The van der Waals surface area contributed by atoms with Crippen LogP contribution in [0.5, 0.6) is 0 Å². The number of para-hydroxylation sites is 1. The Hall–Kier alpha value is -1.54. The lowest BCUT2D eigenvalue weighted by Crippen LogP contribution is -2.64. The molecule has 3 heterocycles. The average molecular weight is 375 g/mol. The topological polar surface area (TPSA) is 71.5 Å². The molecule has 140 valence electrons. The summed E-state index contributed by atoms with van der Waals surface area (Å²) < 4.78 is 31.1. The van der Waals surface area contributed by atoms with Gasteiger partial charge in [0.2, 0.25) is 10.0 Å². The third-order valence-corrected chi connectivity index (χ3v) is 6.02. The Kier molecular flexibility index (Phi) is 4.73. The van der Waals surface area contributed by atoms with Crippen molar-refractivity contribution in [2.75, 3.05) is 32.5 Å². The highest BCUT2D eigenvalue weighted by Crippen LogP contribution is 2.36. The molecule has 2 saturated heterocycles. The van der Waals surface area contributed by atoms with Crippen molar-refractivity contribution in [3.8, 4) is 0 Å². The number of aromatic nitrogens is 1. The smallest absolute Gasteiger partial charge is 0.208 e. The van der Waals surface area contributed by atoms with Crippen LogP contribution in [0.3, 0.4) is 0 Å². The van der Waals surface area contributed by atoms with Crippen LogP contribution in [0.2, 0.25) is 0 Å². The van der Waals surface area contributed by atoms with Crippen LogP contribution in [-0.2, 0) is 21.3 Å². The molecule has 2 aliphatic heterocycles. The standard InChI is InChI=1S/C19H25N3O3S/c1-26(23,24)20-10-15-8-9-19(25-12-15)13-22(14-19)11-17-7-6-16-4-2-3-5-18(16)21-17/h2-7,15,20H,8-14H2,1H3. The zero-order valence-electron chi connectivity index (χ0n) is 15.0. The van der Waals surface area contributed by atoms with Gasteiger partial charge < -0.3 is 4.74 Å². The minimum absolute atomic E-state index is 0.0432. The summed E-state index contributed by atoms with van der Waals surface area (Å²) in [6, 6.07) is 12.4. The molecule has 26 heavy (non-hydrogen) atoms. The summed E-state index contributed by atoms with van der Waals surface area (Å²) in [4.78, 5) is 7.11. The molecule has 2 fully saturated rings. The fraction of sp³-hybridized carbons (Fsp3) is 0.526. The molecule has 2 aromatic rings. The lowest BCUT2D eigenvalue weighted by molar-refractivity contribution is -0.181. The number of nitrogens with one attached hydrogen (secondary N) is 1. The highest BCUT2D eigenvalue weighted by atomic mass is 32.2. The normalized spacial score (nSPS) is 23.2. The van der Waals surface area contributed by atoms with Gasteiger partial charge in [-0.15, -0.1) is 0 Å². The Bertz CT molecular complexity index is 884. The van der Waals surface area contributed by atoms with Crippen LogP contribution < -0.4 is 4.72 Å². The number of hydrogen-bond acceptors (Lipinski definition) is 5. The fourth-order valence-electron chi connectivity index (χ4n) is 3.90. The van der Waals surface area contributed by atoms with E-state index in [9.17, 15) is 8.42 Å². The predicted octanol–water partition coefficient (Wildman–Crippen LogP) is 1.76. The molecular formula is C19H25N3O3S. The Balaban J connectivity index is 1.27. The Morgan fingerprint density at radius 3 is 2.81 bits per heavy atom. The molecule has 1 unspecified atom stereocenters. The van der Waals surface area contributed by atoms with Gasteiger partial charge in [0, 0.05) is 31.6 Å². The molecule has 1 N–H and O–H groups in total. The monoisotopic (exact) mass is 375 g/mol. The molecule has 0 bridgehead atoms. The van der Waals surface area contributed by atoms with E-state index in [4.69, 9.17) is 9.72 Å². The zero-order valence-corrected chi connectivity index (χ0v) is 15.8. The lowest BCUT2D eigenvalue weighted by atomic mass is 9.83. The number of pyridine rings is 1. The van der Waals surface area contributed by atoms with Gasteiger partial charge in [0.05, 0.1) is 29.7 Å². The molecule has 1 aromatic carbocycles. The second-order valence-corrected chi connectivity index (χ2v) is 9.49. The van der Waals surface area contributed by atoms with Gasteiger partial charge in [-0.2, -0.15) is 0 Å². The van der Waals surface area contributed by atoms with Gasteiger partial charge in [0.25, 0.3) is 0 Å². The lowest BCUT2D eigenvalue weighted by Gasteiger charge is -2.52. The first-order chi connectivity index (χ1) is 12.4. The van der Waals surface area contributed by atoms with Crippen LogP contribution in [0.1, 0.15) is 18.5 Å². The maximum Gasteiger partial charge on any atom is 0.208 e. The average Bonchev–Trinajstić information content (AvgIpc) is 2.59. The van der Waals surface area contributed by atoms with Crippen LogP contribution in [-0.4, -0.2) is 56.4 Å². The van der Waals surface area contributed by atoms with E-state index in [1.807, 2.05) is 18.2 Å². The summed E-state index contributed by atoms with van der Waals surface area (Å²) in [7, 11) is -3.12. The molecular weight excluding hydrogens is 350 g/mol. The molecule has 4 rings (SSSR count). The highest BCUT2D eigenvalue weighted by molar-refractivity contribution is 7.88. The van der Waals surface area contributed by atoms with Crippen molar-refractivity contribution < 1.29 is 13.2 Å². The summed E-state index contributed by atoms with van der Waals surface area (Å²) in [6.07, 6.45) is 3.19. The summed E-state index contributed by atoms with van der Waals surface area (Å²) in [5.41, 5.74) is 2.08. The Morgan fingerprint density at radius 1 is 1.27 bits per heavy atom. The van der Waals surface area contributed by atoms with Gasteiger partial charge in [0.1, 0.15) is 0 Å². The number of fused-ring (bicyclic) bond motifs is 1. The highest BCUT2D eigenvalue weighted by Gasteiger charge is 2.46. The van der Waals surface area contributed by atoms with Crippen LogP contribution >= 0.6 is 0 Å². The second kappa shape index (κ2) is 6.88. The number of ether oxygens (including phenoxy) is 1. The van der Waals surface area contributed by atoms with Crippen molar-refractivity contribution in [1.29, 1.82) is 0 Å². The summed E-state index contributed by atoms with van der Waals surface area (Å²) in [5.74, 6) is 0.270. The minimum Gasteiger partial charge on any atom is -0.372 e. The molecule has 0 radical (unpaired) electrons. The molecule has 0 aliphatic carbocycles. The Morgan fingerprint density at radius 2 is 2.08 bits per heavy atom. The molecule has 0 saturated carbocycles. The number of likely N-dealkylation sites (tertiary alicyclic amines) is 1. The van der Waals surface area contributed by atoms with E-state index < -0.39 is 10.0 Å². The van der Waals surface area contributed by atoms with Crippen LogP contribution in [0, 0.1) is 5.92 Å². The minimum atomic E-state index is -3.12. The molecule has 1 aromatic heterocycles. The van der Waals surface area contributed by atoms with E-state index >= 15 is 0 Å². The summed E-state index contributed by atoms with van der Waals surface area (Å²) >= 11 is 0. The van der Waals surface area contributed by atoms with Crippen LogP contribution in [0.25, 0.3) is 10.9 Å². The summed E-state index contributed by atoms with van der Waals surface area (Å²) in [5, 5.41) is 1.17. The van der Waals surface area contributed by atoms with Gasteiger partial charge in [-0.1, -0.05) is 24.3 Å². The SMILES string of the molecule is CS(=O)(=O)NCC1CCC2(CN(Cc3ccc4ccccc4n3)C2)OC1. The second-order valence-electron chi connectivity index (χ2n) is 7.66. The quantitative estimate of drug-likeness (QED) is 0.862. The van der Waals surface area contributed by atoms with Gasteiger partial charge in [0.15, 0.2) is 0 Å². The molecule has 1 atom stereocenters. The first-order valence-corrected chi connectivity index (χ1v) is 11.0. The first kappa shape index (κ1) is 17.9. The summed E-state index contributed by atoms with van der Waals surface area (Å²) in [6.45, 7) is 3.79. The molecule has 0 amide bonds. The van der Waals surface area contributed by atoms with Crippen molar-refractivity contribution in [2.45, 2.75) is 25.0 Å². The maximum absolute atomic E-state index is 11.2. The predicted molar refractivity (Wildman–Crippen MR) is 101 cm³/mol. The fourth-order valence-corrected chi connectivity index (χ4v) is 4.44. The number of sulfonamides is 1. The van der Waals surface area contributed by atoms with Gasteiger partial charge in [-0.3, -0.25) is 9.88 Å². The van der Waals surface area contributed by atoms with Gasteiger partial charge in [-0.25, -0.2) is 13.1 Å². The third kappa shape index (κ3) is 4.06. The molecule has 2 aliphatic rings. The van der Waals surface area contributed by atoms with E-state index in [1.165, 1.54) is 11.6 Å². The van der Waals surface area contributed by atoms with Crippen molar-refractivity contribution in [2.24, 2.45) is 5.92 Å². The van der Waals surface area contributed by atoms with Gasteiger partial charge >= 0.3 is 0 Å². The van der Waals surface area contributed by atoms with E-state index in [1.54, 1.807) is 0 Å². The maximum atomic E-state index is 11.2. The van der Waals surface area contributed by atoms with E-state index in [2.05, 4.69) is 27.8 Å². The van der Waals surface area contributed by atoms with Crippen LogP contribution in [0.4, 0.5) is 0 Å². The van der Waals surface area contributed by atoms with E-state index in [-0.39, 0.29) is 11.5 Å². The van der Waals surface area contributed by atoms with Crippen LogP contribution in [0.15, 0.2) is 36.4 Å². The van der Waals surface area contributed by atoms with Crippen molar-refractivity contribution in [3.63, 3.8) is 0 Å². The first-order valence-electron chi connectivity index (χ1n) is 9.06. The van der Waals surface area contributed by atoms with E-state index in [0.29, 0.717) is 13.2 Å². The third-order valence-electron chi connectivity index (χ3n) is 5.33. The molecule has 1 spiro atoms. The largest absolute Gasteiger partial charge is 0.372 e. The number of benzene rings is 1. The van der Waals surface area contributed by atoms with E-state index in [0.717, 1.165) is 43.7 Å². The van der Waals surface area contributed by atoms with Crippen molar-refractivity contribution in [3.05, 3.63) is 42.1 Å². The Labute approximate surface area is 154 Å². The van der Waals surface area contributed by atoms with Crippen molar-refractivity contribution in [1.82, 2.24) is 14.6 Å². The number of rotatable bonds is 5. The molecule has 6 nitrogen and oxygen atoms in total.